The van der Waals surface area contributed by atoms with Crippen LogP contribution in [0.1, 0.15) is 96.6 Å². The van der Waals surface area contributed by atoms with Gasteiger partial charge in [0.2, 0.25) is 6.10 Å². The molecular formula is C53H64N2O16S2. The second-order valence-electron chi connectivity index (χ2n) is 20.5. The Hall–Kier alpha value is -5.35. The van der Waals surface area contributed by atoms with Crippen LogP contribution in [0.25, 0.3) is 0 Å². The van der Waals surface area contributed by atoms with Gasteiger partial charge in [-0.25, -0.2) is 24.2 Å². The zero-order valence-electron chi connectivity index (χ0n) is 42.1. The Morgan fingerprint density at radius 1 is 0.945 bits per heavy atom. The summed E-state index contributed by atoms with van der Waals surface area (Å²) in [6.45, 7) is 11.3. The molecule has 1 saturated heterocycles. The van der Waals surface area contributed by atoms with Gasteiger partial charge in [-0.05, 0) is 92.8 Å². The number of pyridine rings is 1. The van der Waals surface area contributed by atoms with Crippen molar-refractivity contribution in [3.05, 3.63) is 107 Å². The lowest BCUT2D eigenvalue weighted by atomic mass is 9.44. The van der Waals surface area contributed by atoms with Crippen LogP contribution in [0.3, 0.4) is 0 Å². The number of aliphatic hydroxyl groups is 3. The van der Waals surface area contributed by atoms with Crippen molar-refractivity contribution in [2.45, 2.75) is 139 Å². The van der Waals surface area contributed by atoms with Crippen molar-refractivity contribution in [3.8, 4) is 0 Å². The number of amides is 1. The van der Waals surface area contributed by atoms with Crippen LogP contribution in [0, 0.1) is 16.7 Å². The Morgan fingerprint density at radius 3 is 2.23 bits per heavy atom. The number of carbonyl (C=O) groups excluding carboxylic acids is 6. The molecule has 3 aromatic rings. The molecule has 11 atom stereocenters. The summed E-state index contributed by atoms with van der Waals surface area (Å²) in [6, 6.07) is 20.1. The molecule has 0 spiro atoms. The summed E-state index contributed by atoms with van der Waals surface area (Å²) in [5.74, 6) is -5.82. The number of hydrogen-bond donors (Lipinski definition) is 4. The van der Waals surface area contributed by atoms with E-state index in [4.69, 9.17) is 33.2 Å². The number of esters is 4. The van der Waals surface area contributed by atoms with Crippen LogP contribution in [0.5, 0.6) is 0 Å². The average molecular weight is 1050 g/mol. The fourth-order valence-electron chi connectivity index (χ4n) is 10.7. The van der Waals surface area contributed by atoms with E-state index >= 15 is 9.59 Å². The highest BCUT2D eigenvalue weighted by atomic mass is 33.1. The highest BCUT2D eigenvalue weighted by Crippen LogP contribution is 2.64. The average Bonchev–Trinajstić information content (AvgIpc) is 3.33. The van der Waals surface area contributed by atoms with Gasteiger partial charge in [-0.3, -0.25) is 9.59 Å². The van der Waals surface area contributed by atoms with Crippen molar-refractivity contribution in [2.24, 2.45) is 16.7 Å². The number of nitrogens with one attached hydrogen (secondary N) is 1. The Morgan fingerprint density at radius 2 is 1.62 bits per heavy atom. The molecule has 18 nitrogen and oxygen atoms in total. The summed E-state index contributed by atoms with van der Waals surface area (Å²) >= 11 is 0. The molecule has 4 aliphatic rings. The molecule has 1 aromatic heterocycles. The van der Waals surface area contributed by atoms with Gasteiger partial charge in [0.25, 0.3) is 0 Å². The molecule has 1 amide bonds. The molecule has 3 fully saturated rings. The number of fused-ring (bicyclic) bond motifs is 5. The fraction of sp³-hybridized carbons (Fsp3) is 0.528. The lowest BCUT2D eigenvalue weighted by Gasteiger charge is -2.67. The van der Waals surface area contributed by atoms with Gasteiger partial charge in [0, 0.05) is 43.7 Å². The van der Waals surface area contributed by atoms with E-state index in [0.29, 0.717) is 17.7 Å². The molecule has 394 valence electrons. The van der Waals surface area contributed by atoms with E-state index in [1.165, 1.54) is 50.6 Å². The molecule has 1 aliphatic heterocycles. The van der Waals surface area contributed by atoms with Gasteiger partial charge in [0.15, 0.2) is 11.4 Å². The Bertz CT molecular complexity index is 2540. The number of ether oxygens (including phenoxy) is 7. The maximum atomic E-state index is 15.3. The minimum absolute atomic E-state index is 0.0562. The van der Waals surface area contributed by atoms with E-state index in [9.17, 15) is 34.5 Å². The van der Waals surface area contributed by atoms with Crippen molar-refractivity contribution in [1.82, 2.24) is 10.3 Å². The second kappa shape index (κ2) is 22.2. The Balaban J connectivity index is 1.27. The lowest BCUT2D eigenvalue weighted by molar-refractivity contribution is -0.346. The first-order valence-electron chi connectivity index (χ1n) is 24.1. The minimum atomic E-state index is -2.43. The zero-order chi connectivity index (χ0) is 53.1. The van der Waals surface area contributed by atoms with E-state index in [1.807, 2.05) is 18.2 Å². The third-order valence-corrected chi connectivity index (χ3v) is 16.7. The molecule has 3 aliphatic carbocycles. The van der Waals surface area contributed by atoms with Crippen LogP contribution in [-0.4, -0.2) is 135 Å². The second-order valence-corrected chi connectivity index (χ2v) is 23.0. The molecule has 73 heavy (non-hydrogen) atoms. The van der Waals surface area contributed by atoms with Gasteiger partial charge < -0.3 is 53.8 Å². The maximum Gasteiger partial charge on any atom is 0.408 e. The molecule has 2 aromatic carbocycles. The van der Waals surface area contributed by atoms with Gasteiger partial charge in [0.05, 0.1) is 29.6 Å². The predicted octanol–water partition coefficient (Wildman–Crippen LogP) is 6.05. The number of ketones is 1. The standard InChI is InChI=1S/C53H64N2O16S2/c1-30-34(67-47(62)42(40(32-18-11-9-12-19-32)55-48(63)71-49(3,4)5)68-38(58)28-65-24-17-25-72-73-37-22-15-16-23-54-37)27-53(64)45(69-46(61)33-20-13-10-14-21-33)43-51(8,44(60)41(59)39(30)50(53,6)7)35(57)26-36-52(43,29-66-36)70-31(2)56/h9-16,18-23,34-36,40-43,45,57,59,64H,17,24-29H2,1-8H3,(H,55,63)/t34-,35-,36+,40-,41+,42+,43-,45-,51+,52-,53+/m0/s1. The highest BCUT2D eigenvalue weighted by Gasteiger charge is 2.78. The van der Waals surface area contributed by atoms with Crippen molar-refractivity contribution in [1.29, 1.82) is 0 Å². The molecule has 2 saturated carbocycles. The normalized spacial score (nSPS) is 29.1. The summed E-state index contributed by atoms with van der Waals surface area (Å²) < 4.78 is 41.8. The van der Waals surface area contributed by atoms with Crippen LogP contribution in [0.2, 0.25) is 0 Å². The first-order valence-corrected chi connectivity index (χ1v) is 26.4. The third kappa shape index (κ3) is 11.4. The number of nitrogens with zero attached hydrogens (tertiary/aromatic N) is 1. The van der Waals surface area contributed by atoms with Crippen LogP contribution < -0.4 is 5.32 Å². The van der Waals surface area contributed by atoms with E-state index < -0.39 is 125 Å². The first-order chi connectivity index (χ1) is 34.4. The number of carbonyl (C=O) groups is 6. The summed E-state index contributed by atoms with van der Waals surface area (Å²) in [6.07, 6.45) is -9.58. The van der Waals surface area contributed by atoms with Crippen molar-refractivity contribution >= 4 is 57.3 Å². The van der Waals surface area contributed by atoms with Crippen molar-refractivity contribution < 1.29 is 77.2 Å². The van der Waals surface area contributed by atoms with Gasteiger partial charge in [-0.15, -0.1) is 0 Å². The van der Waals surface area contributed by atoms with Gasteiger partial charge >= 0.3 is 30.0 Å². The van der Waals surface area contributed by atoms with Gasteiger partial charge in [-0.1, -0.05) is 79.2 Å². The Labute approximate surface area is 432 Å². The molecular weight excluding hydrogens is 985 g/mol. The summed E-state index contributed by atoms with van der Waals surface area (Å²) in [4.78, 5) is 89.4. The van der Waals surface area contributed by atoms with Crippen molar-refractivity contribution in [2.75, 3.05) is 25.6 Å². The highest BCUT2D eigenvalue weighted by molar-refractivity contribution is 8.76. The lowest BCUT2D eigenvalue weighted by Crippen LogP contribution is -2.81. The summed E-state index contributed by atoms with van der Waals surface area (Å²) in [5.41, 5.74) is -8.61. The summed E-state index contributed by atoms with van der Waals surface area (Å²) in [7, 11) is 3.05. The number of hydrogen-bond acceptors (Lipinski definition) is 19. The largest absolute Gasteiger partial charge is 0.455 e. The first kappa shape index (κ1) is 55.4. The van der Waals surface area contributed by atoms with E-state index in [-0.39, 0.29) is 36.3 Å². The van der Waals surface area contributed by atoms with Gasteiger partial charge in [0.1, 0.15) is 53.3 Å². The molecule has 2 heterocycles. The van der Waals surface area contributed by atoms with Crippen LogP contribution in [0.15, 0.2) is 101 Å². The Kier molecular flexibility index (Phi) is 16.9. The number of aromatic nitrogens is 1. The van der Waals surface area contributed by atoms with E-state index in [0.717, 1.165) is 11.9 Å². The number of Topliss-reactive ketones (excluding diaryl/α,β-unsaturated/α-hetero) is 1. The van der Waals surface area contributed by atoms with Crippen LogP contribution in [-0.2, 0) is 52.3 Å². The van der Waals surface area contributed by atoms with E-state index in [2.05, 4.69) is 10.3 Å². The molecule has 0 unspecified atom stereocenters. The molecule has 20 heteroatoms. The summed E-state index contributed by atoms with van der Waals surface area (Å²) in [5, 5.41) is 41.8. The predicted molar refractivity (Wildman–Crippen MR) is 265 cm³/mol. The molecule has 7 rings (SSSR count). The van der Waals surface area contributed by atoms with E-state index in [1.54, 1.807) is 86.3 Å². The minimum Gasteiger partial charge on any atom is -0.455 e. The molecule has 0 radical (unpaired) electrons. The van der Waals surface area contributed by atoms with Crippen LogP contribution in [0.4, 0.5) is 4.79 Å². The quantitative estimate of drug-likeness (QED) is 0.0395. The molecule has 2 bridgehead atoms. The smallest absolute Gasteiger partial charge is 0.408 e. The van der Waals surface area contributed by atoms with Crippen molar-refractivity contribution in [3.63, 3.8) is 0 Å². The van der Waals surface area contributed by atoms with Gasteiger partial charge in [-0.2, -0.15) is 0 Å². The van der Waals surface area contributed by atoms with Crippen LogP contribution >= 0.6 is 21.6 Å². The SMILES string of the molecule is CC(=O)O[C@@]12CO[C@@H]1C[C@H](O)[C@@]1(C)C(=O)[C@H](O)C3=C(C)[C@@H](OC(=O)[C@H](OC(=O)COCCCSSc4ccccn4)[C@@H](NC(=O)OC(C)(C)C)c4ccccc4)C[C@@](O)([C@@H](OC(=O)c4ccccc4)[C@H]21)C3(C)C. The number of benzene rings is 2. The third-order valence-electron chi connectivity index (χ3n) is 14.3. The molecule has 4 N–H and O–H groups in total. The zero-order valence-corrected chi connectivity index (χ0v) is 43.7. The fourth-order valence-corrected chi connectivity index (χ4v) is 12.7. The number of aliphatic hydroxyl groups excluding tert-OH is 2. The topological polar surface area (TPSA) is 253 Å². The number of alkyl carbamates (subject to hydrolysis) is 1. The monoisotopic (exact) mass is 1050 g/mol. The number of rotatable bonds is 17. The maximum absolute atomic E-state index is 15.3.